The molecule has 0 aliphatic rings. The van der Waals surface area contributed by atoms with Crippen molar-refractivity contribution >= 4 is 34.2 Å². The van der Waals surface area contributed by atoms with Crippen molar-refractivity contribution < 1.29 is 9.59 Å². The highest BCUT2D eigenvalue weighted by molar-refractivity contribution is 6.31. The number of nitrogens with zero attached hydrogens (tertiary/aromatic N) is 1. The molecule has 140 valence electrons. The largest absolute Gasteiger partial charge is 0.366 e. The summed E-state index contributed by atoms with van der Waals surface area (Å²) < 4.78 is 1.96. The van der Waals surface area contributed by atoms with E-state index in [9.17, 15) is 9.59 Å². The average molecular weight is 383 g/mol. The Morgan fingerprint density at radius 3 is 2.44 bits per heavy atom. The lowest BCUT2D eigenvalue weighted by molar-refractivity contribution is 0.0940. The smallest absolute Gasteiger partial charge is 0.248 e. The number of benzene rings is 2. The van der Waals surface area contributed by atoms with Crippen molar-refractivity contribution in [2.45, 2.75) is 33.7 Å². The van der Waals surface area contributed by atoms with Gasteiger partial charge in [-0.25, -0.2) is 0 Å². The normalized spacial score (nSPS) is 11.7. The van der Waals surface area contributed by atoms with Gasteiger partial charge in [0.05, 0.1) is 0 Å². The van der Waals surface area contributed by atoms with Crippen molar-refractivity contribution in [3.8, 4) is 0 Å². The van der Waals surface area contributed by atoms with Gasteiger partial charge in [0.25, 0.3) is 0 Å². The van der Waals surface area contributed by atoms with Gasteiger partial charge in [0, 0.05) is 46.2 Å². The van der Waals surface area contributed by atoms with Crippen LogP contribution in [0.5, 0.6) is 0 Å². The van der Waals surface area contributed by atoms with Gasteiger partial charge in [-0.15, -0.1) is 0 Å². The summed E-state index contributed by atoms with van der Waals surface area (Å²) >= 11 is 6.31. The van der Waals surface area contributed by atoms with Gasteiger partial charge in [-0.1, -0.05) is 56.6 Å². The Balaban J connectivity index is 2.13. The molecule has 3 rings (SSSR count). The highest BCUT2D eigenvalue weighted by Crippen LogP contribution is 2.29. The third kappa shape index (κ3) is 4.22. The van der Waals surface area contributed by atoms with Crippen LogP contribution < -0.4 is 5.73 Å². The Morgan fingerprint density at radius 2 is 1.81 bits per heavy atom. The van der Waals surface area contributed by atoms with Crippen molar-refractivity contribution in [2.24, 2.45) is 11.1 Å². The van der Waals surface area contributed by atoms with Gasteiger partial charge in [-0.2, -0.15) is 0 Å². The number of amides is 1. The van der Waals surface area contributed by atoms with E-state index in [1.165, 1.54) is 0 Å². The second-order valence-electron chi connectivity index (χ2n) is 8.02. The maximum Gasteiger partial charge on any atom is 0.248 e. The van der Waals surface area contributed by atoms with Crippen molar-refractivity contribution in [2.75, 3.05) is 0 Å². The molecule has 0 radical (unpaired) electrons. The zero-order valence-electron chi connectivity index (χ0n) is 15.8. The van der Waals surface area contributed by atoms with E-state index in [-0.39, 0.29) is 11.2 Å². The first-order valence-corrected chi connectivity index (χ1v) is 9.23. The molecule has 0 aliphatic carbocycles. The molecule has 0 saturated heterocycles. The van der Waals surface area contributed by atoms with E-state index in [2.05, 4.69) is 0 Å². The zero-order valence-corrected chi connectivity index (χ0v) is 16.5. The fourth-order valence-electron chi connectivity index (χ4n) is 3.19. The molecule has 0 fully saturated rings. The molecule has 0 aliphatic heterocycles. The first-order valence-electron chi connectivity index (χ1n) is 8.85. The Bertz CT molecular complexity index is 1030. The molecular weight excluding hydrogens is 360 g/mol. The average Bonchev–Trinajstić information content (AvgIpc) is 2.93. The van der Waals surface area contributed by atoms with Gasteiger partial charge < -0.3 is 10.3 Å². The molecular formula is C22H23ClN2O2. The number of nitrogens with two attached hydrogens (primary N) is 1. The fourth-order valence-corrected chi connectivity index (χ4v) is 3.38. The highest BCUT2D eigenvalue weighted by Gasteiger charge is 2.22. The van der Waals surface area contributed by atoms with Crippen LogP contribution >= 0.6 is 11.6 Å². The lowest BCUT2D eigenvalue weighted by Gasteiger charge is -2.16. The fraction of sp³-hybridized carbons (Fsp3) is 0.273. The number of rotatable bonds is 5. The first kappa shape index (κ1) is 19.2. The minimum absolute atomic E-state index is 0.0808. The second-order valence-corrected chi connectivity index (χ2v) is 8.43. The van der Waals surface area contributed by atoms with Gasteiger partial charge in [0.15, 0.2) is 5.78 Å². The summed E-state index contributed by atoms with van der Waals surface area (Å²) in [6.07, 6.45) is 2.29. The van der Waals surface area contributed by atoms with E-state index < -0.39 is 5.91 Å². The molecule has 1 heterocycles. The molecule has 2 N–H and O–H groups in total. The third-order valence-electron chi connectivity index (χ3n) is 4.46. The summed E-state index contributed by atoms with van der Waals surface area (Å²) in [4.78, 5) is 24.5. The quantitative estimate of drug-likeness (QED) is 0.626. The maximum atomic E-state index is 12.9. The molecule has 0 spiro atoms. The van der Waals surface area contributed by atoms with Crippen LogP contribution in [0.1, 0.15) is 53.5 Å². The predicted octanol–water partition coefficient (Wildman–Crippen LogP) is 5.06. The zero-order chi connectivity index (χ0) is 19.8. The molecule has 1 aromatic heterocycles. The van der Waals surface area contributed by atoms with Gasteiger partial charge in [-0.05, 0) is 29.2 Å². The number of carbonyl (C=O) groups is 2. The number of carbonyl (C=O) groups excluding carboxylic acids is 2. The van der Waals surface area contributed by atoms with Crippen LogP contribution in [0, 0.1) is 5.41 Å². The topological polar surface area (TPSA) is 65.1 Å². The lowest BCUT2D eigenvalue weighted by atomic mass is 9.88. The van der Waals surface area contributed by atoms with Crippen LogP contribution in [0.4, 0.5) is 0 Å². The van der Waals surface area contributed by atoms with Crippen LogP contribution in [0.3, 0.4) is 0 Å². The highest BCUT2D eigenvalue weighted by atomic mass is 35.5. The number of primary amides is 1. The van der Waals surface area contributed by atoms with Crippen LogP contribution in [0.25, 0.3) is 10.9 Å². The third-order valence-corrected chi connectivity index (χ3v) is 4.83. The van der Waals surface area contributed by atoms with E-state index in [0.29, 0.717) is 29.1 Å². The standard InChI is InChI=1S/C22H23ClN2O2/c1-22(2,3)11-20(26)17-13-25(12-15-6-4-5-7-18(15)23)19-10-14(21(24)27)8-9-16(17)19/h4-10,13H,11-12H2,1-3H3,(H2,24,27). The van der Waals surface area contributed by atoms with E-state index >= 15 is 0 Å². The van der Waals surface area contributed by atoms with Crippen LogP contribution in [-0.4, -0.2) is 16.3 Å². The van der Waals surface area contributed by atoms with E-state index in [4.69, 9.17) is 17.3 Å². The van der Waals surface area contributed by atoms with E-state index in [1.807, 2.05) is 55.8 Å². The summed E-state index contributed by atoms with van der Waals surface area (Å²) in [7, 11) is 0. The number of aromatic nitrogens is 1. The Hall–Kier alpha value is -2.59. The summed E-state index contributed by atoms with van der Waals surface area (Å²) in [5, 5.41) is 1.48. The second kappa shape index (κ2) is 7.20. The molecule has 27 heavy (non-hydrogen) atoms. The predicted molar refractivity (Wildman–Crippen MR) is 109 cm³/mol. The van der Waals surface area contributed by atoms with Crippen LogP contribution in [-0.2, 0) is 6.54 Å². The number of fused-ring (bicyclic) bond motifs is 1. The van der Waals surface area contributed by atoms with Crippen LogP contribution in [0.2, 0.25) is 5.02 Å². The Labute approximate surface area is 163 Å². The van der Waals surface area contributed by atoms with Gasteiger partial charge >= 0.3 is 0 Å². The number of hydrogen-bond acceptors (Lipinski definition) is 2. The van der Waals surface area contributed by atoms with Gasteiger partial charge in [0.1, 0.15) is 0 Å². The van der Waals surface area contributed by atoms with E-state index in [0.717, 1.165) is 16.5 Å². The van der Waals surface area contributed by atoms with Crippen molar-refractivity contribution in [3.63, 3.8) is 0 Å². The number of halogens is 1. The maximum absolute atomic E-state index is 12.9. The molecule has 1 amide bonds. The summed E-state index contributed by atoms with van der Waals surface area (Å²) in [6.45, 7) is 6.62. The first-order chi connectivity index (χ1) is 12.7. The van der Waals surface area contributed by atoms with Gasteiger partial charge in [0.2, 0.25) is 5.91 Å². The number of hydrogen-bond donors (Lipinski definition) is 1. The minimum Gasteiger partial charge on any atom is -0.366 e. The molecule has 5 heteroatoms. The Morgan fingerprint density at radius 1 is 1.11 bits per heavy atom. The summed E-state index contributed by atoms with van der Waals surface area (Å²) in [5.41, 5.74) is 8.14. The molecule has 4 nitrogen and oxygen atoms in total. The molecule has 2 aromatic carbocycles. The number of ketones is 1. The van der Waals surface area contributed by atoms with Gasteiger partial charge in [-0.3, -0.25) is 9.59 Å². The monoisotopic (exact) mass is 382 g/mol. The van der Waals surface area contributed by atoms with Crippen molar-refractivity contribution in [1.29, 1.82) is 0 Å². The van der Waals surface area contributed by atoms with Crippen molar-refractivity contribution in [1.82, 2.24) is 4.57 Å². The Kier molecular flexibility index (Phi) is 5.11. The molecule has 0 atom stereocenters. The lowest BCUT2D eigenvalue weighted by Crippen LogP contribution is -2.13. The molecule has 0 saturated carbocycles. The summed E-state index contributed by atoms with van der Waals surface area (Å²) in [6, 6.07) is 12.8. The number of Topliss-reactive ketones (excluding diaryl/α,β-unsaturated/α-hetero) is 1. The molecule has 3 aromatic rings. The minimum atomic E-state index is -0.495. The summed E-state index contributed by atoms with van der Waals surface area (Å²) in [5.74, 6) is -0.415. The van der Waals surface area contributed by atoms with E-state index in [1.54, 1.807) is 18.2 Å². The molecule has 0 bridgehead atoms. The van der Waals surface area contributed by atoms with Crippen molar-refractivity contribution in [3.05, 3.63) is 70.4 Å². The molecule has 0 unspecified atom stereocenters. The van der Waals surface area contributed by atoms with Crippen LogP contribution in [0.15, 0.2) is 48.7 Å². The SMILES string of the molecule is CC(C)(C)CC(=O)c1cn(Cc2ccccc2Cl)c2cc(C(N)=O)ccc12.